The minimum Gasteiger partial charge on any atom is -0.478 e. The third-order valence-corrected chi connectivity index (χ3v) is 2.51. The molecule has 1 rings (SSSR count). The highest BCUT2D eigenvalue weighted by Crippen LogP contribution is 2.22. The Bertz CT molecular complexity index is 434. The summed E-state index contributed by atoms with van der Waals surface area (Å²) in [5.74, 6) is 1.31. The van der Waals surface area contributed by atoms with E-state index in [4.69, 9.17) is 11.5 Å². The van der Waals surface area contributed by atoms with Crippen molar-refractivity contribution >= 4 is 28.3 Å². The van der Waals surface area contributed by atoms with Crippen molar-refractivity contribution in [2.75, 3.05) is 11.9 Å². The predicted octanol–water partition coefficient (Wildman–Crippen LogP) is 1.59. The molecule has 0 saturated carbocycles. The molecule has 84 valence electrons. The zero-order valence-corrected chi connectivity index (χ0v) is 9.13. The van der Waals surface area contributed by atoms with E-state index < -0.39 is 12.0 Å². The number of urea groups is 1. The van der Waals surface area contributed by atoms with E-state index in [0.29, 0.717) is 18.0 Å². The topological polar surface area (TPSA) is 78.4 Å². The van der Waals surface area contributed by atoms with Crippen LogP contribution in [0.25, 0.3) is 0 Å². The maximum Gasteiger partial charge on any atom is 0.338 e. The summed E-state index contributed by atoms with van der Waals surface area (Å²) in [6, 6.07) is 0.976. The largest absolute Gasteiger partial charge is 0.478 e. The third kappa shape index (κ3) is 3.29. The second kappa shape index (κ2) is 5.78. The molecule has 0 spiro atoms. The second-order valence-corrected chi connectivity index (χ2v) is 3.72. The molecule has 2 amide bonds. The van der Waals surface area contributed by atoms with Crippen LogP contribution in [0.1, 0.15) is 16.8 Å². The van der Waals surface area contributed by atoms with Crippen molar-refractivity contribution in [1.82, 2.24) is 5.32 Å². The molecule has 0 unspecified atom stereocenters. The summed E-state index contributed by atoms with van der Waals surface area (Å²) in [7, 11) is 0. The first-order valence-electron chi connectivity index (χ1n) is 4.44. The van der Waals surface area contributed by atoms with Gasteiger partial charge in [0.1, 0.15) is 5.00 Å². The summed E-state index contributed by atoms with van der Waals surface area (Å²) >= 11 is 1.15. The monoisotopic (exact) mass is 238 g/mol. The van der Waals surface area contributed by atoms with Gasteiger partial charge in [-0.2, -0.15) is 0 Å². The molecule has 0 aliphatic heterocycles. The van der Waals surface area contributed by atoms with Gasteiger partial charge < -0.3 is 10.4 Å². The van der Waals surface area contributed by atoms with Crippen LogP contribution in [0.15, 0.2) is 11.4 Å². The lowest BCUT2D eigenvalue weighted by molar-refractivity contribution is 0.0698. The highest BCUT2D eigenvalue weighted by molar-refractivity contribution is 7.14. The van der Waals surface area contributed by atoms with Crippen LogP contribution < -0.4 is 10.6 Å². The number of hydrogen-bond donors (Lipinski definition) is 3. The average molecular weight is 238 g/mol. The Morgan fingerprint density at radius 3 is 2.94 bits per heavy atom. The zero-order chi connectivity index (χ0) is 12.0. The highest BCUT2D eigenvalue weighted by atomic mass is 32.1. The molecule has 1 aromatic rings. The number of hydrogen-bond acceptors (Lipinski definition) is 3. The Morgan fingerprint density at radius 1 is 1.56 bits per heavy atom. The molecular weight excluding hydrogens is 228 g/mol. The highest BCUT2D eigenvalue weighted by Gasteiger charge is 2.13. The van der Waals surface area contributed by atoms with E-state index in [2.05, 4.69) is 16.6 Å². The Morgan fingerprint density at radius 2 is 2.31 bits per heavy atom. The summed E-state index contributed by atoms with van der Waals surface area (Å²) in [4.78, 5) is 22.0. The van der Waals surface area contributed by atoms with Crippen LogP contribution in [0.4, 0.5) is 9.80 Å². The minimum absolute atomic E-state index is 0.0806. The number of aromatic carboxylic acids is 1. The number of carbonyl (C=O) groups excluding carboxylic acids is 1. The van der Waals surface area contributed by atoms with Crippen LogP contribution in [-0.2, 0) is 0 Å². The number of anilines is 1. The van der Waals surface area contributed by atoms with Gasteiger partial charge in [0.2, 0.25) is 0 Å². The predicted molar refractivity (Wildman–Crippen MR) is 61.7 cm³/mol. The van der Waals surface area contributed by atoms with Gasteiger partial charge in [-0.05, 0) is 11.4 Å². The van der Waals surface area contributed by atoms with Gasteiger partial charge in [0.25, 0.3) is 0 Å². The van der Waals surface area contributed by atoms with Gasteiger partial charge in [-0.15, -0.1) is 23.7 Å². The molecule has 5 nitrogen and oxygen atoms in total. The van der Waals surface area contributed by atoms with Gasteiger partial charge in [-0.1, -0.05) is 0 Å². The lowest BCUT2D eigenvalue weighted by Gasteiger charge is -2.04. The molecule has 0 saturated heterocycles. The van der Waals surface area contributed by atoms with E-state index in [0.717, 1.165) is 11.3 Å². The van der Waals surface area contributed by atoms with E-state index in [9.17, 15) is 9.59 Å². The van der Waals surface area contributed by atoms with Gasteiger partial charge in [-0.3, -0.25) is 5.32 Å². The molecule has 0 atom stereocenters. The number of carbonyl (C=O) groups is 2. The van der Waals surface area contributed by atoms with E-state index in [1.54, 1.807) is 5.38 Å². The Kier molecular flexibility index (Phi) is 4.36. The van der Waals surface area contributed by atoms with Crippen molar-refractivity contribution in [3.63, 3.8) is 0 Å². The smallest absolute Gasteiger partial charge is 0.338 e. The fourth-order valence-corrected chi connectivity index (χ4v) is 1.74. The minimum atomic E-state index is -1.07. The van der Waals surface area contributed by atoms with E-state index in [1.807, 2.05) is 0 Å². The summed E-state index contributed by atoms with van der Waals surface area (Å²) in [5, 5.41) is 15.7. The number of rotatable bonds is 4. The summed E-state index contributed by atoms with van der Waals surface area (Å²) in [6.07, 6.45) is 5.45. The molecule has 6 heteroatoms. The number of terminal acetylenes is 1. The maximum atomic E-state index is 11.3. The Balaban J connectivity index is 2.53. The van der Waals surface area contributed by atoms with Crippen LogP contribution in [-0.4, -0.2) is 23.7 Å². The van der Waals surface area contributed by atoms with Crippen molar-refractivity contribution in [2.45, 2.75) is 6.42 Å². The first-order chi connectivity index (χ1) is 7.65. The molecule has 3 N–H and O–H groups in total. The second-order valence-electron chi connectivity index (χ2n) is 2.80. The number of carboxylic acids is 1. The average Bonchev–Trinajstić information content (AvgIpc) is 2.66. The summed E-state index contributed by atoms with van der Waals surface area (Å²) in [5.41, 5.74) is 0.0806. The number of thiophene rings is 1. The van der Waals surface area contributed by atoms with Crippen LogP contribution in [0.2, 0.25) is 0 Å². The standard InChI is InChI=1S/C10H10N2O3S/c1-2-3-5-11-10(15)12-8-7(9(13)14)4-6-16-8/h1,4,6H,3,5H2,(H,13,14)(H2,11,12,15). The van der Waals surface area contributed by atoms with Gasteiger partial charge >= 0.3 is 12.0 Å². The van der Waals surface area contributed by atoms with Gasteiger partial charge in [-0.25, -0.2) is 9.59 Å². The van der Waals surface area contributed by atoms with Gasteiger partial charge in [0.15, 0.2) is 0 Å². The molecule has 0 aliphatic rings. The fraction of sp³-hybridized carbons (Fsp3) is 0.200. The van der Waals surface area contributed by atoms with E-state index in [-0.39, 0.29) is 5.56 Å². The molecule has 1 aromatic heterocycles. The van der Waals surface area contributed by atoms with Crippen LogP contribution in [0, 0.1) is 12.3 Å². The Hall–Kier alpha value is -2.00. The quantitative estimate of drug-likeness (QED) is 0.550. The SMILES string of the molecule is C#CCCNC(=O)Nc1sccc1C(=O)O. The van der Waals surface area contributed by atoms with Crippen molar-refractivity contribution in [3.8, 4) is 12.3 Å². The third-order valence-electron chi connectivity index (χ3n) is 1.68. The lowest BCUT2D eigenvalue weighted by atomic mass is 10.3. The molecule has 0 fully saturated rings. The lowest BCUT2D eigenvalue weighted by Crippen LogP contribution is -2.29. The molecule has 0 aromatic carbocycles. The van der Waals surface area contributed by atoms with Crippen molar-refractivity contribution in [2.24, 2.45) is 0 Å². The van der Waals surface area contributed by atoms with Crippen LogP contribution in [0.5, 0.6) is 0 Å². The molecule has 0 aliphatic carbocycles. The van der Waals surface area contributed by atoms with Gasteiger partial charge in [0.05, 0.1) is 5.56 Å². The zero-order valence-electron chi connectivity index (χ0n) is 8.32. The van der Waals surface area contributed by atoms with Crippen LogP contribution in [0.3, 0.4) is 0 Å². The maximum absolute atomic E-state index is 11.3. The first kappa shape index (κ1) is 12.1. The number of amides is 2. The molecule has 16 heavy (non-hydrogen) atoms. The summed E-state index contributed by atoms with van der Waals surface area (Å²) in [6.45, 7) is 0.357. The normalized spacial score (nSPS) is 9.19. The number of carboxylic acid groups (broad SMARTS) is 1. The van der Waals surface area contributed by atoms with Crippen LogP contribution >= 0.6 is 11.3 Å². The molecule has 0 bridgehead atoms. The van der Waals surface area contributed by atoms with Gasteiger partial charge in [0, 0.05) is 13.0 Å². The first-order valence-corrected chi connectivity index (χ1v) is 5.32. The van der Waals surface area contributed by atoms with E-state index >= 15 is 0 Å². The number of nitrogens with one attached hydrogen (secondary N) is 2. The molecule has 1 heterocycles. The van der Waals surface area contributed by atoms with Crippen molar-refractivity contribution in [1.29, 1.82) is 0 Å². The van der Waals surface area contributed by atoms with Crippen molar-refractivity contribution < 1.29 is 14.7 Å². The fourth-order valence-electron chi connectivity index (χ4n) is 0.970. The Labute approximate surface area is 96.5 Å². The molecular formula is C10H10N2O3S. The van der Waals surface area contributed by atoms with Crippen molar-refractivity contribution in [3.05, 3.63) is 17.0 Å². The molecule has 0 radical (unpaired) electrons. The summed E-state index contributed by atoms with van der Waals surface area (Å²) < 4.78 is 0. The van der Waals surface area contributed by atoms with E-state index in [1.165, 1.54) is 6.07 Å².